The van der Waals surface area contributed by atoms with E-state index in [2.05, 4.69) is 12.2 Å². The Balaban J connectivity index is 1.91. The van der Waals surface area contributed by atoms with Gasteiger partial charge in [-0.2, -0.15) is 0 Å². The van der Waals surface area contributed by atoms with Crippen LogP contribution >= 0.6 is 0 Å². The van der Waals surface area contributed by atoms with Crippen LogP contribution in [0.1, 0.15) is 31.7 Å². The maximum absolute atomic E-state index is 13.1. The molecule has 0 bridgehead atoms. The average Bonchev–Trinajstić information content (AvgIpc) is 2.66. The number of phenols is 1. The molecule has 1 aliphatic carbocycles. The second kappa shape index (κ2) is 4.83. The summed E-state index contributed by atoms with van der Waals surface area (Å²) < 4.78 is 13.1. The zero-order valence-electron chi connectivity index (χ0n) is 9.54. The number of phenolic OH excluding ortho intramolecular Hbond substituents is 1. The highest BCUT2D eigenvalue weighted by Crippen LogP contribution is 2.25. The molecule has 0 radical (unpaired) electrons. The summed E-state index contributed by atoms with van der Waals surface area (Å²) in [6, 6.07) is 5.11. The van der Waals surface area contributed by atoms with E-state index in [4.69, 9.17) is 5.11 Å². The van der Waals surface area contributed by atoms with Crippen molar-refractivity contribution < 1.29 is 9.50 Å². The van der Waals surface area contributed by atoms with Gasteiger partial charge in [-0.3, -0.25) is 0 Å². The van der Waals surface area contributed by atoms with Crippen molar-refractivity contribution in [3.8, 4) is 5.75 Å². The molecule has 2 atom stereocenters. The molecule has 2 unspecified atom stereocenters. The molecule has 3 heteroatoms. The van der Waals surface area contributed by atoms with E-state index in [0.29, 0.717) is 18.5 Å². The molecule has 0 heterocycles. The molecular formula is C13H18FNO. The van der Waals surface area contributed by atoms with Crippen molar-refractivity contribution in [2.45, 2.75) is 38.8 Å². The molecule has 0 saturated heterocycles. The normalized spacial score (nSPS) is 24.9. The summed E-state index contributed by atoms with van der Waals surface area (Å²) in [5.41, 5.74) is 0.884. The van der Waals surface area contributed by atoms with Crippen molar-refractivity contribution in [3.63, 3.8) is 0 Å². The first-order chi connectivity index (χ1) is 7.66. The minimum Gasteiger partial charge on any atom is -0.505 e. The molecule has 1 aromatic rings. The third kappa shape index (κ3) is 2.53. The van der Waals surface area contributed by atoms with Gasteiger partial charge in [0.15, 0.2) is 11.6 Å². The SMILES string of the molecule is CC1CCCC1NCc1ccc(O)c(F)c1. The zero-order valence-corrected chi connectivity index (χ0v) is 9.54. The summed E-state index contributed by atoms with van der Waals surface area (Å²) in [6.45, 7) is 2.92. The van der Waals surface area contributed by atoms with Gasteiger partial charge in [0.2, 0.25) is 0 Å². The maximum atomic E-state index is 13.1. The number of hydrogen-bond donors (Lipinski definition) is 2. The average molecular weight is 223 g/mol. The Morgan fingerprint density at radius 2 is 2.25 bits per heavy atom. The predicted octanol–water partition coefficient (Wildman–Crippen LogP) is 2.81. The molecule has 1 fully saturated rings. The lowest BCUT2D eigenvalue weighted by molar-refractivity contribution is 0.420. The maximum Gasteiger partial charge on any atom is 0.165 e. The molecule has 0 aromatic heterocycles. The third-order valence-electron chi connectivity index (χ3n) is 3.44. The van der Waals surface area contributed by atoms with E-state index in [1.807, 2.05) is 0 Å². The molecule has 1 saturated carbocycles. The van der Waals surface area contributed by atoms with Crippen LogP contribution in [0.4, 0.5) is 4.39 Å². The van der Waals surface area contributed by atoms with E-state index in [1.54, 1.807) is 6.07 Å². The van der Waals surface area contributed by atoms with Crippen molar-refractivity contribution in [1.29, 1.82) is 0 Å². The highest BCUT2D eigenvalue weighted by molar-refractivity contribution is 5.27. The van der Waals surface area contributed by atoms with Gasteiger partial charge in [-0.15, -0.1) is 0 Å². The second-order valence-electron chi connectivity index (χ2n) is 4.68. The molecule has 88 valence electrons. The molecular weight excluding hydrogens is 205 g/mol. The molecule has 16 heavy (non-hydrogen) atoms. The summed E-state index contributed by atoms with van der Waals surface area (Å²) in [5.74, 6) is -0.112. The first kappa shape index (κ1) is 11.4. The second-order valence-corrected chi connectivity index (χ2v) is 4.68. The van der Waals surface area contributed by atoms with Gasteiger partial charge in [0, 0.05) is 12.6 Å². The summed E-state index contributed by atoms with van der Waals surface area (Å²) in [6.07, 6.45) is 3.77. The number of halogens is 1. The van der Waals surface area contributed by atoms with Crippen LogP contribution in [-0.2, 0) is 6.54 Å². The fourth-order valence-electron chi connectivity index (χ4n) is 2.36. The van der Waals surface area contributed by atoms with E-state index < -0.39 is 5.82 Å². The minimum absolute atomic E-state index is 0.280. The molecule has 0 amide bonds. The molecule has 1 aromatic carbocycles. The highest BCUT2D eigenvalue weighted by Gasteiger charge is 2.22. The molecule has 0 aliphatic heterocycles. The van der Waals surface area contributed by atoms with E-state index in [-0.39, 0.29) is 5.75 Å². The minimum atomic E-state index is -0.543. The number of hydrogen-bond acceptors (Lipinski definition) is 2. The Morgan fingerprint density at radius 1 is 1.44 bits per heavy atom. The van der Waals surface area contributed by atoms with E-state index >= 15 is 0 Å². The van der Waals surface area contributed by atoms with Crippen molar-refractivity contribution in [3.05, 3.63) is 29.6 Å². The van der Waals surface area contributed by atoms with Crippen LogP contribution < -0.4 is 5.32 Å². The standard InChI is InChI=1S/C13H18FNO/c1-9-3-2-4-12(9)15-8-10-5-6-13(16)11(14)7-10/h5-7,9,12,15-16H,2-4,8H2,1H3. The van der Waals surface area contributed by atoms with Gasteiger partial charge < -0.3 is 10.4 Å². The van der Waals surface area contributed by atoms with Crippen molar-refractivity contribution in [2.24, 2.45) is 5.92 Å². The molecule has 1 aliphatic rings. The Bertz CT molecular complexity index is 367. The Labute approximate surface area is 95.5 Å². The summed E-state index contributed by atoms with van der Waals surface area (Å²) in [5, 5.41) is 12.5. The van der Waals surface area contributed by atoms with Crippen LogP contribution in [0, 0.1) is 11.7 Å². The number of benzene rings is 1. The van der Waals surface area contributed by atoms with E-state index in [0.717, 1.165) is 5.56 Å². The van der Waals surface area contributed by atoms with Gasteiger partial charge >= 0.3 is 0 Å². The van der Waals surface area contributed by atoms with Crippen LogP contribution in [0.3, 0.4) is 0 Å². The number of rotatable bonds is 3. The Kier molecular flexibility index (Phi) is 3.44. The Hall–Kier alpha value is -1.09. The van der Waals surface area contributed by atoms with Crippen LogP contribution in [-0.4, -0.2) is 11.1 Å². The van der Waals surface area contributed by atoms with Crippen molar-refractivity contribution in [1.82, 2.24) is 5.32 Å². The first-order valence-corrected chi connectivity index (χ1v) is 5.87. The first-order valence-electron chi connectivity index (χ1n) is 5.87. The van der Waals surface area contributed by atoms with Gasteiger partial charge in [-0.1, -0.05) is 19.4 Å². The smallest absolute Gasteiger partial charge is 0.165 e. The fourth-order valence-corrected chi connectivity index (χ4v) is 2.36. The highest BCUT2D eigenvalue weighted by atomic mass is 19.1. The van der Waals surface area contributed by atoms with Gasteiger partial charge in [-0.25, -0.2) is 4.39 Å². The van der Waals surface area contributed by atoms with E-state index in [9.17, 15) is 4.39 Å². The summed E-state index contributed by atoms with van der Waals surface area (Å²) >= 11 is 0. The van der Waals surface area contributed by atoms with Crippen molar-refractivity contribution in [2.75, 3.05) is 0 Å². The number of nitrogens with one attached hydrogen (secondary N) is 1. The summed E-state index contributed by atoms with van der Waals surface area (Å²) in [4.78, 5) is 0. The quantitative estimate of drug-likeness (QED) is 0.825. The third-order valence-corrected chi connectivity index (χ3v) is 3.44. The lowest BCUT2D eigenvalue weighted by atomic mass is 10.1. The topological polar surface area (TPSA) is 32.3 Å². The van der Waals surface area contributed by atoms with Crippen molar-refractivity contribution >= 4 is 0 Å². The molecule has 0 spiro atoms. The van der Waals surface area contributed by atoms with Crippen LogP contribution in [0.25, 0.3) is 0 Å². The molecule has 2 N–H and O–H groups in total. The largest absolute Gasteiger partial charge is 0.505 e. The van der Waals surface area contributed by atoms with Gasteiger partial charge in [0.1, 0.15) is 0 Å². The van der Waals surface area contributed by atoms with Crippen LogP contribution in [0.5, 0.6) is 5.75 Å². The van der Waals surface area contributed by atoms with Gasteiger partial charge in [0.05, 0.1) is 0 Å². The lowest BCUT2D eigenvalue weighted by Crippen LogP contribution is -2.30. The Morgan fingerprint density at radius 3 is 2.88 bits per heavy atom. The lowest BCUT2D eigenvalue weighted by Gasteiger charge is -2.17. The predicted molar refractivity (Wildman–Crippen MR) is 61.7 cm³/mol. The monoisotopic (exact) mass is 223 g/mol. The van der Waals surface area contributed by atoms with Crippen LogP contribution in [0.2, 0.25) is 0 Å². The number of aromatic hydroxyl groups is 1. The van der Waals surface area contributed by atoms with E-state index in [1.165, 1.54) is 31.4 Å². The van der Waals surface area contributed by atoms with Gasteiger partial charge in [-0.05, 0) is 36.5 Å². The molecule has 2 rings (SSSR count). The summed E-state index contributed by atoms with van der Waals surface area (Å²) in [7, 11) is 0. The van der Waals surface area contributed by atoms with Crippen LogP contribution in [0.15, 0.2) is 18.2 Å². The molecule has 2 nitrogen and oxygen atoms in total. The fraction of sp³-hybridized carbons (Fsp3) is 0.538. The van der Waals surface area contributed by atoms with Gasteiger partial charge in [0.25, 0.3) is 0 Å². The zero-order chi connectivity index (χ0) is 11.5.